The number of β-amino-alcohol motifs (C(OH)–C–C–N with tert-alkyl or cyclic N) is 1. The minimum absolute atomic E-state index is 0.0868. The smallest absolute Gasteiger partial charge is 0.258 e. The second-order valence-corrected chi connectivity index (χ2v) is 9.58. The third-order valence-electron chi connectivity index (χ3n) is 6.81. The van der Waals surface area contributed by atoms with E-state index in [1.54, 1.807) is 18.7 Å². The number of nitrogens with two attached hydrogens (primary N) is 1. The molecule has 2 unspecified atom stereocenters. The molecule has 2 atom stereocenters. The monoisotopic (exact) mass is 499 g/mol. The van der Waals surface area contributed by atoms with Crippen molar-refractivity contribution in [1.82, 2.24) is 19.8 Å². The molecule has 1 aromatic carbocycles. The van der Waals surface area contributed by atoms with Gasteiger partial charge in [-0.25, -0.2) is 14.4 Å². The lowest BCUT2D eigenvalue weighted by Gasteiger charge is -2.28. The fourth-order valence-electron chi connectivity index (χ4n) is 5.02. The van der Waals surface area contributed by atoms with E-state index >= 15 is 0 Å². The van der Waals surface area contributed by atoms with Crippen LogP contribution < -0.4 is 10.5 Å². The van der Waals surface area contributed by atoms with Crippen molar-refractivity contribution in [2.45, 2.75) is 38.8 Å². The summed E-state index contributed by atoms with van der Waals surface area (Å²) in [5.74, 6) is -0.118. The van der Waals surface area contributed by atoms with Crippen molar-refractivity contribution in [3.8, 4) is 5.75 Å². The van der Waals surface area contributed by atoms with Gasteiger partial charge in [-0.15, -0.1) is 0 Å². The van der Waals surface area contributed by atoms with E-state index < -0.39 is 5.82 Å². The van der Waals surface area contributed by atoms with Crippen molar-refractivity contribution in [2.24, 2.45) is 5.73 Å². The molecule has 10 heteroatoms. The van der Waals surface area contributed by atoms with Gasteiger partial charge in [-0.2, -0.15) is 0 Å². The fourth-order valence-corrected chi connectivity index (χ4v) is 5.10. The third kappa shape index (κ3) is 4.34. The van der Waals surface area contributed by atoms with Gasteiger partial charge in [-0.1, -0.05) is 11.6 Å². The summed E-state index contributed by atoms with van der Waals surface area (Å²) in [6.45, 7) is 4.70. The third-order valence-corrected chi connectivity index (χ3v) is 7.36. The molecule has 3 N–H and O–H groups in total. The van der Waals surface area contributed by atoms with Crippen molar-refractivity contribution >= 4 is 23.1 Å². The molecule has 0 radical (unpaired) electrons. The first kappa shape index (κ1) is 23.6. The number of aromatic nitrogens is 2. The van der Waals surface area contributed by atoms with Crippen LogP contribution >= 0.6 is 11.6 Å². The summed E-state index contributed by atoms with van der Waals surface area (Å²) in [4.78, 5) is 26.1. The normalized spacial score (nSPS) is 21.2. The molecular formula is C25H27ClFN5O3. The molecule has 1 saturated carbocycles. The Kier molecular flexibility index (Phi) is 6.14. The Balaban J connectivity index is 1.35. The zero-order chi connectivity index (χ0) is 24.9. The SMILES string of the molecule is Cc1nc(C2=C(N)CN(C(=O)c3ccc(F)cc3OC3CC4CC3=CN4CCO)C2)nc(C)c1Cl. The molecule has 8 nitrogen and oxygen atoms in total. The van der Waals surface area contributed by atoms with Crippen LogP contribution in [0, 0.1) is 19.7 Å². The van der Waals surface area contributed by atoms with Crippen LogP contribution in [0.3, 0.4) is 0 Å². The second-order valence-electron chi connectivity index (χ2n) is 9.20. The van der Waals surface area contributed by atoms with E-state index in [0.717, 1.165) is 18.4 Å². The van der Waals surface area contributed by atoms with E-state index in [9.17, 15) is 14.3 Å². The summed E-state index contributed by atoms with van der Waals surface area (Å²) >= 11 is 6.20. The minimum atomic E-state index is -0.476. The molecule has 1 aliphatic carbocycles. The van der Waals surface area contributed by atoms with Crippen molar-refractivity contribution in [2.75, 3.05) is 26.2 Å². The predicted octanol–water partition coefficient (Wildman–Crippen LogP) is 2.81. The number of carbonyl (C=O) groups is 1. The van der Waals surface area contributed by atoms with Gasteiger partial charge < -0.3 is 25.4 Å². The van der Waals surface area contributed by atoms with Gasteiger partial charge in [0.05, 0.1) is 41.7 Å². The zero-order valence-corrected chi connectivity index (χ0v) is 20.3. The number of amides is 1. The number of aliphatic hydroxyl groups is 1. The molecule has 2 bridgehead atoms. The van der Waals surface area contributed by atoms with Gasteiger partial charge in [-0.05, 0) is 38.0 Å². The second kappa shape index (κ2) is 9.13. The van der Waals surface area contributed by atoms with Crippen molar-refractivity contribution in [3.05, 3.63) is 69.3 Å². The van der Waals surface area contributed by atoms with E-state index in [4.69, 9.17) is 22.1 Å². The molecular weight excluding hydrogens is 473 g/mol. The van der Waals surface area contributed by atoms with Gasteiger partial charge in [-0.3, -0.25) is 4.79 Å². The molecule has 1 aromatic heterocycles. The molecule has 0 spiro atoms. The van der Waals surface area contributed by atoms with Gasteiger partial charge in [0.1, 0.15) is 17.7 Å². The first-order chi connectivity index (χ1) is 16.7. The Hall–Kier alpha value is -3.17. The summed E-state index contributed by atoms with van der Waals surface area (Å²) in [5, 5.41) is 9.73. The van der Waals surface area contributed by atoms with E-state index in [1.165, 1.54) is 18.2 Å². The Morgan fingerprint density at radius 3 is 2.69 bits per heavy atom. The van der Waals surface area contributed by atoms with Crippen LogP contribution in [-0.4, -0.2) is 69.2 Å². The first-order valence-corrected chi connectivity index (χ1v) is 11.9. The maximum Gasteiger partial charge on any atom is 0.258 e. The quantitative estimate of drug-likeness (QED) is 0.629. The Bertz CT molecular complexity index is 1240. The molecule has 3 heterocycles. The highest BCUT2D eigenvalue weighted by Crippen LogP contribution is 2.39. The molecule has 2 aromatic rings. The first-order valence-electron chi connectivity index (χ1n) is 11.6. The number of nitrogens with zero attached hydrogens (tertiary/aromatic N) is 4. The number of ether oxygens (including phenoxy) is 1. The van der Waals surface area contributed by atoms with Crippen LogP contribution in [0.15, 0.2) is 35.7 Å². The summed E-state index contributed by atoms with van der Waals surface area (Å²) in [6, 6.07) is 4.22. The molecule has 1 fully saturated rings. The lowest BCUT2D eigenvalue weighted by Crippen LogP contribution is -2.34. The standard InChI is InChI=1S/C25H27ClFN5O3/c1-13-23(26)14(2)30-24(29-13)19-11-32(12-20(19)28)25(34)18-4-3-16(27)8-22(18)35-21-9-17-7-15(21)10-31(17)5-6-33/h3-4,8,10,17,21,33H,5-7,9,11-12,28H2,1-2H3. The molecule has 3 aliphatic rings. The lowest BCUT2D eigenvalue weighted by atomic mass is 10.1. The summed E-state index contributed by atoms with van der Waals surface area (Å²) in [6.07, 6.45) is 3.35. The maximum absolute atomic E-state index is 14.2. The van der Waals surface area contributed by atoms with Crippen LogP contribution in [-0.2, 0) is 0 Å². The molecule has 0 saturated heterocycles. The largest absolute Gasteiger partial charge is 0.485 e. The summed E-state index contributed by atoms with van der Waals surface area (Å²) in [7, 11) is 0. The summed E-state index contributed by atoms with van der Waals surface area (Å²) in [5.41, 5.74) is 10.1. The van der Waals surface area contributed by atoms with Crippen molar-refractivity contribution in [3.63, 3.8) is 0 Å². The van der Waals surface area contributed by atoms with E-state index in [0.29, 0.717) is 40.0 Å². The van der Waals surface area contributed by atoms with Gasteiger partial charge in [0, 0.05) is 42.5 Å². The van der Waals surface area contributed by atoms with E-state index in [-0.39, 0.29) is 49.1 Å². The van der Waals surface area contributed by atoms with Gasteiger partial charge >= 0.3 is 0 Å². The number of aryl methyl sites for hydroxylation is 2. The van der Waals surface area contributed by atoms with E-state index in [2.05, 4.69) is 14.9 Å². The fraction of sp³-hybridized carbons (Fsp3) is 0.400. The molecule has 184 valence electrons. The van der Waals surface area contributed by atoms with Crippen molar-refractivity contribution in [1.29, 1.82) is 0 Å². The Morgan fingerprint density at radius 2 is 2.03 bits per heavy atom. The van der Waals surface area contributed by atoms with Crippen LogP contribution in [0.2, 0.25) is 5.02 Å². The van der Waals surface area contributed by atoms with Crippen LogP contribution in [0.5, 0.6) is 5.75 Å². The number of fused-ring (bicyclic) bond motifs is 2. The molecule has 5 rings (SSSR count). The van der Waals surface area contributed by atoms with Crippen LogP contribution in [0.1, 0.15) is 40.4 Å². The average molecular weight is 500 g/mol. The van der Waals surface area contributed by atoms with Gasteiger partial charge in [0.25, 0.3) is 5.91 Å². The maximum atomic E-state index is 14.2. The molecule has 35 heavy (non-hydrogen) atoms. The lowest BCUT2D eigenvalue weighted by molar-refractivity contribution is 0.0791. The van der Waals surface area contributed by atoms with Gasteiger partial charge in [0.15, 0.2) is 5.82 Å². The topological polar surface area (TPSA) is 105 Å². The molecule has 1 amide bonds. The van der Waals surface area contributed by atoms with Gasteiger partial charge in [0.2, 0.25) is 0 Å². The number of rotatable bonds is 6. The highest BCUT2D eigenvalue weighted by molar-refractivity contribution is 6.31. The average Bonchev–Trinajstić information content (AvgIpc) is 3.51. The number of benzene rings is 1. The van der Waals surface area contributed by atoms with Crippen LogP contribution in [0.25, 0.3) is 5.57 Å². The highest BCUT2D eigenvalue weighted by atomic mass is 35.5. The Labute approximate surface area is 207 Å². The predicted molar refractivity (Wildman–Crippen MR) is 129 cm³/mol. The number of aliphatic hydroxyl groups excluding tert-OH is 1. The minimum Gasteiger partial charge on any atom is -0.485 e. The number of hydrogen-bond acceptors (Lipinski definition) is 7. The molecule has 2 aliphatic heterocycles. The number of carbonyl (C=O) groups excluding carboxylic acids is 1. The number of hydrogen-bond donors (Lipinski definition) is 2. The van der Waals surface area contributed by atoms with Crippen LogP contribution in [0.4, 0.5) is 4.39 Å². The number of halogens is 2. The van der Waals surface area contributed by atoms with Crippen molar-refractivity contribution < 1.29 is 19.0 Å². The zero-order valence-electron chi connectivity index (χ0n) is 19.6. The Morgan fingerprint density at radius 1 is 1.29 bits per heavy atom. The highest BCUT2D eigenvalue weighted by Gasteiger charge is 2.40. The summed E-state index contributed by atoms with van der Waals surface area (Å²) < 4.78 is 20.3. The van der Waals surface area contributed by atoms with E-state index in [1.807, 2.05) is 6.20 Å².